The lowest BCUT2D eigenvalue weighted by Crippen LogP contribution is -2.36. The van der Waals surface area contributed by atoms with Gasteiger partial charge in [-0.25, -0.2) is 18.7 Å². The number of amides is 1. The van der Waals surface area contributed by atoms with Crippen LogP contribution in [0.15, 0.2) is 29.5 Å². The first-order chi connectivity index (χ1) is 14.3. The number of aliphatic imine (C=N–C) groups is 1. The third-order valence-electron chi connectivity index (χ3n) is 5.42. The Morgan fingerprint density at radius 3 is 2.80 bits per heavy atom. The molecule has 8 nitrogen and oxygen atoms in total. The number of hydrogen-bond acceptors (Lipinski definition) is 7. The van der Waals surface area contributed by atoms with Gasteiger partial charge in [-0.15, -0.1) is 0 Å². The molecule has 10 heteroatoms. The molecule has 1 aliphatic carbocycles. The smallest absolute Gasteiger partial charge is 0.272 e. The Morgan fingerprint density at radius 1 is 1.27 bits per heavy atom. The van der Waals surface area contributed by atoms with Crippen LogP contribution in [-0.2, 0) is 17.9 Å². The molecule has 1 fully saturated rings. The second-order valence-corrected chi connectivity index (χ2v) is 7.49. The van der Waals surface area contributed by atoms with E-state index in [0.29, 0.717) is 29.9 Å². The van der Waals surface area contributed by atoms with E-state index in [9.17, 15) is 23.8 Å². The van der Waals surface area contributed by atoms with Crippen molar-refractivity contribution in [2.75, 3.05) is 12.4 Å². The van der Waals surface area contributed by atoms with E-state index in [-0.39, 0.29) is 24.4 Å². The number of carbonyl (C=O) groups excluding carboxylic acids is 1. The highest BCUT2D eigenvalue weighted by Crippen LogP contribution is 2.28. The van der Waals surface area contributed by atoms with Crippen LogP contribution in [0.5, 0.6) is 0 Å². The zero-order valence-electron chi connectivity index (χ0n) is 16.2. The Kier molecular flexibility index (Phi) is 5.44. The van der Waals surface area contributed by atoms with E-state index >= 15 is 0 Å². The van der Waals surface area contributed by atoms with Crippen LogP contribution in [0.1, 0.15) is 29.7 Å². The van der Waals surface area contributed by atoms with E-state index in [2.05, 4.69) is 20.3 Å². The molecule has 0 saturated heterocycles. The number of aliphatic hydroxyl groups excluding tert-OH is 2. The van der Waals surface area contributed by atoms with Crippen molar-refractivity contribution >= 4 is 17.4 Å². The van der Waals surface area contributed by atoms with Gasteiger partial charge in [0.2, 0.25) is 0 Å². The predicted octanol–water partition coefficient (Wildman–Crippen LogP) is 1.01. The predicted molar refractivity (Wildman–Crippen MR) is 104 cm³/mol. The number of carbonyl (C=O) groups is 1. The molecule has 3 N–H and O–H groups in total. The number of halogens is 2. The number of anilines is 1. The number of hydrogen-bond donors (Lipinski definition) is 3. The zero-order valence-corrected chi connectivity index (χ0v) is 16.2. The molecule has 1 aromatic heterocycles. The van der Waals surface area contributed by atoms with Crippen LogP contribution in [0.2, 0.25) is 0 Å². The lowest BCUT2D eigenvalue weighted by atomic mass is 10.1. The van der Waals surface area contributed by atoms with Crippen molar-refractivity contribution in [3.8, 4) is 0 Å². The Bertz CT molecular complexity index is 1020. The number of nitrogens with zero attached hydrogens (tertiary/aromatic N) is 4. The Morgan fingerprint density at radius 2 is 2.07 bits per heavy atom. The molecule has 1 aliphatic heterocycles. The standard InChI is InChI=1S/C20H21F2N5O3/c1-27(8-10-6-11(21)2-3-12(10)22)20(30)17-16-14(7-23-17)24-9-25-19(16)26-13-4-5-15(28)18(13)29/h2-3,6,9,13,15,18,28-29H,4-5,7-8H2,1H3,(H,24,25,26)/t13-,15-,18+/m1/s1. The largest absolute Gasteiger partial charge is 0.390 e. The van der Waals surface area contributed by atoms with Crippen LogP contribution in [0, 0.1) is 11.6 Å². The van der Waals surface area contributed by atoms with Gasteiger partial charge in [0.05, 0.1) is 36.1 Å². The third kappa shape index (κ3) is 3.75. The summed E-state index contributed by atoms with van der Waals surface area (Å²) in [6, 6.07) is 2.66. The molecule has 1 aromatic carbocycles. The van der Waals surface area contributed by atoms with E-state index in [0.717, 1.165) is 18.2 Å². The second-order valence-electron chi connectivity index (χ2n) is 7.49. The molecule has 0 unspecified atom stereocenters. The minimum atomic E-state index is -0.952. The summed E-state index contributed by atoms with van der Waals surface area (Å²) in [5.41, 5.74) is 1.13. The molecule has 2 aliphatic rings. The van der Waals surface area contributed by atoms with Crippen LogP contribution in [-0.4, -0.2) is 62.0 Å². The zero-order chi connectivity index (χ0) is 21.4. The summed E-state index contributed by atoms with van der Waals surface area (Å²) in [7, 11) is 1.47. The summed E-state index contributed by atoms with van der Waals surface area (Å²) in [6.07, 6.45) is 0.563. The van der Waals surface area contributed by atoms with Crippen LogP contribution in [0.25, 0.3) is 0 Å². The lowest BCUT2D eigenvalue weighted by molar-refractivity contribution is -0.123. The van der Waals surface area contributed by atoms with Gasteiger partial charge in [-0.1, -0.05) is 0 Å². The second kappa shape index (κ2) is 8.04. The van der Waals surface area contributed by atoms with Crippen molar-refractivity contribution < 1.29 is 23.8 Å². The molecule has 2 heterocycles. The number of aromatic nitrogens is 2. The number of likely N-dealkylation sites (N-methyl/N-ethyl adjacent to an activating group) is 1. The van der Waals surface area contributed by atoms with Crippen molar-refractivity contribution in [1.29, 1.82) is 0 Å². The fourth-order valence-corrected chi connectivity index (χ4v) is 3.77. The summed E-state index contributed by atoms with van der Waals surface area (Å²) in [5.74, 6) is -1.34. The van der Waals surface area contributed by atoms with Gasteiger partial charge in [0.15, 0.2) is 0 Å². The van der Waals surface area contributed by atoms with Gasteiger partial charge in [-0.05, 0) is 31.0 Å². The molecular weight excluding hydrogens is 396 g/mol. The van der Waals surface area contributed by atoms with Gasteiger partial charge in [0, 0.05) is 19.2 Å². The molecule has 158 valence electrons. The van der Waals surface area contributed by atoms with E-state index < -0.39 is 35.8 Å². The number of rotatable bonds is 5. The molecule has 0 bridgehead atoms. The third-order valence-corrected chi connectivity index (χ3v) is 5.42. The van der Waals surface area contributed by atoms with Gasteiger partial charge in [0.1, 0.15) is 29.5 Å². The van der Waals surface area contributed by atoms with Crippen molar-refractivity contribution in [2.45, 2.75) is 44.2 Å². The molecular formula is C20H21F2N5O3. The monoisotopic (exact) mass is 417 g/mol. The quantitative estimate of drug-likeness (QED) is 0.670. The van der Waals surface area contributed by atoms with E-state index in [4.69, 9.17) is 0 Å². The topological polar surface area (TPSA) is 111 Å². The lowest BCUT2D eigenvalue weighted by Gasteiger charge is -2.21. The Labute approximate surface area is 171 Å². The van der Waals surface area contributed by atoms with E-state index in [1.165, 1.54) is 18.3 Å². The maximum atomic E-state index is 14.0. The van der Waals surface area contributed by atoms with Crippen LogP contribution in [0.4, 0.5) is 14.6 Å². The SMILES string of the molecule is CN(Cc1cc(F)ccc1F)C(=O)C1=NCc2ncnc(N[C@@H]3CC[C@@H](O)[C@H]3O)c21. The molecule has 0 radical (unpaired) electrons. The van der Waals surface area contributed by atoms with Crippen molar-refractivity contribution in [3.05, 3.63) is 53.0 Å². The van der Waals surface area contributed by atoms with Crippen molar-refractivity contribution in [3.63, 3.8) is 0 Å². The molecule has 3 atom stereocenters. The minimum absolute atomic E-state index is 0.0513. The minimum Gasteiger partial charge on any atom is -0.390 e. The molecule has 4 rings (SSSR count). The normalized spacial score (nSPS) is 22.6. The highest BCUT2D eigenvalue weighted by Gasteiger charge is 2.36. The van der Waals surface area contributed by atoms with E-state index in [1.54, 1.807) is 0 Å². The van der Waals surface area contributed by atoms with Crippen molar-refractivity contribution in [1.82, 2.24) is 14.9 Å². The van der Waals surface area contributed by atoms with Gasteiger partial charge < -0.3 is 20.4 Å². The first-order valence-electron chi connectivity index (χ1n) is 9.56. The fourth-order valence-electron chi connectivity index (χ4n) is 3.77. The summed E-state index contributed by atoms with van der Waals surface area (Å²) in [5, 5.41) is 23.0. The average Bonchev–Trinajstić information content (AvgIpc) is 3.29. The first-order valence-corrected chi connectivity index (χ1v) is 9.56. The van der Waals surface area contributed by atoms with Gasteiger partial charge in [-0.3, -0.25) is 9.79 Å². The number of aliphatic hydroxyl groups is 2. The Balaban J connectivity index is 1.56. The van der Waals surface area contributed by atoms with E-state index in [1.807, 2.05) is 0 Å². The molecule has 0 spiro atoms. The highest BCUT2D eigenvalue weighted by molar-refractivity contribution is 6.47. The first kappa shape index (κ1) is 20.3. The summed E-state index contributed by atoms with van der Waals surface area (Å²) in [6.45, 7) is 0.0480. The molecule has 30 heavy (non-hydrogen) atoms. The van der Waals surface area contributed by atoms with Crippen LogP contribution >= 0.6 is 0 Å². The average molecular weight is 417 g/mol. The summed E-state index contributed by atoms with van der Waals surface area (Å²) >= 11 is 0. The van der Waals surface area contributed by atoms with Gasteiger partial charge in [0.25, 0.3) is 5.91 Å². The number of benzene rings is 1. The maximum Gasteiger partial charge on any atom is 0.272 e. The molecule has 1 saturated carbocycles. The summed E-state index contributed by atoms with van der Waals surface area (Å²) < 4.78 is 27.4. The van der Waals surface area contributed by atoms with Gasteiger partial charge in [-0.2, -0.15) is 0 Å². The van der Waals surface area contributed by atoms with Gasteiger partial charge >= 0.3 is 0 Å². The maximum absolute atomic E-state index is 14.0. The Hall–Kier alpha value is -2.98. The molecule has 1 amide bonds. The fraction of sp³-hybridized carbons (Fsp3) is 0.400. The number of fused-ring (bicyclic) bond motifs is 1. The highest BCUT2D eigenvalue weighted by atomic mass is 19.1. The summed E-state index contributed by atoms with van der Waals surface area (Å²) in [4.78, 5) is 26.9. The molecule has 2 aromatic rings. The van der Waals surface area contributed by atoms with Crippen molar-refractivity contribution in [2.24, 2.45) is 4.99 Å². The number of nitrogens with one attached hydrogen (secondary N) is 1. The van der Waals surface area contributed by atoms with Crippen LogP contribution < -0.4 is 5.32 Å². The van der Waals surface area contributed by atoms with Crippen LogP contribution in [0.3, 0.4) is 0 Å².